The number of hydrogen-bond donors (Lipinski definition) is 2. The Kier molecular flexibility index (Phi) is 12.2. The van der Waals surface area contributed by atoms with Crippen LogP contribution in [0.25, 0.3) is 0 Å². The van der Waals surface area contributed by atoms with Crippen LogP contribution < -0.4 is 15.5 Å². The van der Waals surface area contributed by atoms with Crippen molar-refractivity contribution in [2.24, 2.45) is 7.05 Å². The SMILES string of the molecule is CNC(C(=O)NCc1ccnc(N2CCN(C)CC2)c1)c1cnn(C)c1.Cl.Cl.Cl. The molecule has 11 heteroatoms. The van der Waals surface area contributed by atoms with Gasteiger partial charge in [0.1, 0.15) is 11.9 Å². The fraction of sp³-hybridized carbons (Fsp3) is 0.500. The van der Waals surface area contributed by atoms with Crippen molar-refractivity contribution in [3.63, 3.8) is 0 Å². The first-order chi connectivity index (χ1) is 12.6. The van der Waals surface area contributed by atoms with E-state index < -0.39 is 6.04 Å². The van der Waals surface area contributed by atoms with Gasteiger partial charge in [-0.15, -0.1) is 37.2 Å². The molecule has 0 bridgehead atoms. The van der Waals surface area contributed by atoms with Crippen molar-refractivity contribution < 1.29 is 4.79 Å². The molecule has 8 nitrogen and oxygen atoms in total. The lowest BCUT2D eigenvalue weighted by atomic mass is 10.1. The first kappa shape index (κ1) is 27.4. The highest BCUT2D eigenvalue weighted by atomic mass is 35.5. The van der Waals surface area contributed by atoms with Gasteiger partial charge < -0.3 is 20.4 Å². The van der Waals surface area contributed by atoms with Crippen molar-refractivity contribution in [3.05, 3.63) is 41.9 Å². The number of nitrogens with zero attached hydrogens (tertiary/aromatic N) is 5. The molecule has 1 unspecified atom stereocenters. The molecule has 2 N–H and O–H groups in total. The van der Waals surface area contributed by atoms with Crippen LogP contribution in [0, 0.1) is 0 Å². The third kappa shape index (κ3) is 7.31. The zero-order valence-electron chi connectivity index (χ0n) is 16.9. The molecule has 3 heterocycles. The van der Waals surface area contributed by atoms with Gasteiger partial charge in [0, 0.05) is 57.7 Å². The van der Waals surface area contributed by atoms with Crippen LogP contribution in [-0.2, 0) is 18.4 Å². The number of anilines is 1. The maximum absolute atomic E-state index is 12.5. The van der Waals surface area contributed by atoms with E-state index in [1.165, 1.54) is 0 Å². The van der Waals surface area contributed by atoms with Crippen molar-refractivity contribution >= 4 is 48.9 Å². The maximum Gasteiger partial charge on any atom is 0.242 e. The number of carbonyl (C=O) groups is 1. The molecule has 1 saturated heterocycles. The second-order valence-electron chi connectivity index (χ2n) is 6.70. The summed E-state index contributed by atoms with van der Waals surface area (Å²) in [4.78, 5) is 21.6. The monoisotopic (exact) mass is 465 g/mol. The van der Waals surface area contributed by atoms with Gasteiger partial charge in [-0.3, -0.25) is 9.48 Å². The van der Waals surface area contributed by atoms with Gasteiger partial charge in [0.05, 0.1) is 6.20 Å². The minimum atomic E-state index is -0.414. The Morgan fingerprint density at radius 3 is 2.45 bits per heavy atom. The molecule has 29 heavy (non-hydrogen) atoms. The molecule has 0 saturated carbocycles. The molecule has 0 aromatic carbocycles. The lowest BCUT2D eigenvalue weighted by Crippen LogP contribution is -2.44. The van der Waals surface area contributed by atoms with Gasteiger partial charge in [-0.2, -0.15) is 5.10 Å². The van der Waals surface area contributed by atoms with Crippen LogP contribution in [0.1, 0.15) is 17.2 Å². The largest absolute Gasteiger partial charge is 0.354 e. The molecule has 0 aliphatic carbocycles. The van der Waals surface area contributed by atoms with Gasteiger partial charge in [0.25, 0.3) is 0 Å². The molecule has 1 fully saturated rings. The fourth-order valence-electron chi connectivity index (χ4n) is 3.11. The summed E-state index contributed by atoms with van der Waals surface area (Å²) in [5.74, 6) is 0.903. The summed E-state index contributed by atoms with van der Waals surface area (Å²) in [6.45, 7) is 4.50. The molecule has 1 atom stereocenters. The zero-order chi connectivity index (χ0) is 18.5. The van der Waals surface area contributed by atoms with E-state index in [4.69, 9.17) is 0 Å². The molecule has 1 amide bonds. The number of likely N-dealkylation sites (N-methyl/N-ethyl adjacent to an activating group) is 2. The second kappa shape index (κ2) is 12.9. The standard InChI is InChI=1S/C18H27N7O.3ClH/c1-19-17(15-12-22-24(3)13-15)18(26)21-11-14-4-5-20-16(10-14)25-8-6-23(2)7-9-25;;;/h4-5,10,12-13,17,19H,6-9,11H2,1-3H3,(H,21,26);3*1H. The summed E-state index contributed by atoms with van der Waals surface area (Å²) in [6.07, 6.45) is 5.36. The van der Waals surface area contributed by atoms with Crippen LogP contribution in [0.3, 0.4) is 0 Å². The molecule has 164 valence electrons. The Bertz CT molecular complexity index is 751. The van der Waals surface area contributed by atoms with Crippen LogP contribution in [0.15, 0.2) is 30.7 Å². The van der Waals surface area contributed by atoms with Crippen LogP contribution in [0.2, 0.25) is 0 Å². The number of carbonyl (C=O) groups excluding carboxylic acids is 1. The van der Waals surface area contributed by atoms with Gasteiger partial charge in [-0.25, -0.2) is 4.98 Å². The Labute approximate surface area is 190 Å². The number of rotatable bonds is 6. The first-order valence-electron chi connectivity index (χ1n) is 8.89. The van der Waals surface area contributed by atoms with Crippen molar-refractivity contribution in [2.45, 2.75) is 12.6 Å². The molecule has 2 aromatic heterocycles. The summed E-state index contributed by atoms with van der Waals surface area (Å²) in [6, 6.07) is 3.59. The van der Waals surface area contributed by atoms with E-state index >= 15 is 0 Å². The number of halogens is 3. The predicted molar refractivity (Wildman–Crippen MR) is 123 cm³/mol. The molecule has 2 aromatic rings. The fourth-order valence-corrected chi connectivity index (χ4v) is 3.11. The molecule has 1 aliphatic heterocycles. The van der Waals surface area contributed by atoms with E-state index in [0.717, 1.165) is 43.1 Å². The van der Waals surface area contributed by atoms with E-state index in [1.54, 1.807) is 17.9 Å². The van der Waals surface area contributed by atoms with Crippen LogP contribution in [0.5, 0.6) is 0 Å². The minimum Gasteiger partial charge on any atom is -0.354 e. The minimum absolute atomic E-state index is 0. The summed E-state index contributed by atoms with van der Waals surface area (Å²) in [7, 11) is 5.75. The highest BCUT2D eigenvalue weighted by Gasteiger charge is 2.20. The smallest absolute Gasteiger partial charge is 0.242 e. The van der Waals surface area contributed by atoms with Gasteiger partial charge in [-0.05, 0) is 31.8 Å². The number of nitrogens with one attached hydrogen (secondary N) is 2. The zero-order valence-corrected chi connectivity index (χ0v) is 19.3. The summed E-state index contributed by atoms with van der Waals surface area (Å²) in [5.41, 5.74) is 1.89. The average Bonchev–Trinajstić information content (AvgIpc) is 3.07. The summed E-state index contributed by atoms with van der Waals surface area (Å²) < 4.78 is 1.69. The van der Waals surface area contributed by atoms with E-state index in [-0.39, 0.29) is 43.1 Å². The lowest BCUT2D eigenvalue weighted by molar-refractivity contribution is -0.123. The Balaban J connectivity index is 0.00000261. The van der Waals surface area contributed by atoms with Crippen molar-refractivity contribution in [2.75, 3.05) is 45.2 Å². The van der Waals surface area contributed by atoms with Gasteiger partial charge >= 0.3 is 0 Å². The van der Waals surface area contributed by atoms with Crippen LogP contribution >= 0.6 is 37.2 Å². The molecular formula is C18H30Cl3N7O. The highest BCUT2D eigenvalue weighted by molar-refractivity contribution is 5.86. The molecule has 0 spiro atoms. The molecular weight excluding hydrogens is 437 g/mol. The number of hydrogen-bond acceptors (Lipinski definition) is 6. The van der Waals surface area contributed by atoms with Crippen LogP contribution in [-0.4, -0.2) is 65.8 Å². The Hall–Kier alpha value is -1.58. The lowest BCUT2D eigenvalue weighted by Gasteiger charge is -2.33. The third-order valence-corrected chi connectivity index (χ3v) is 4.71. The van der Waals surface area contributed by atoms with Gasteiger partial charge in [-0.1, -0.05) is 0 Å². The Morgan fingerprint density at radius 1 is 1.17 bits per heavy atom. The topological polar surface area (TPSA) is 78.3 Å². The van der Waals surface area contributed by atoms with E-state index in [9.17, 15) is 4.79 Å². The maximum atomic E-state index is 12.5. The van der Waals surface area contributed by atoms with Gasteiger partial charge in [0.2, 0.25) is 5.91 Å². The number of aryl methyl sites for hydroxylation is 1. The number of piperazine rings is 1. The highest BCUT2D eigenvalue weighted by Crippen LogP contribution is 2.15. The molecule has 0 radical (unpaired) electrons. The van der Waals surface area contributed by atoms with Crippen molar-refractivity contribution in [1.82, 2.24) is 30.3 Å². The number of aromatic nitrogens is 3. The number of amides is 1. The summed E-state index contributed by atoms with van der Waals surface area (Å²) in [5, 5.41) is 10.2. The van der Waals surface area contributed by atoms with Gasteiger partial charge in [0.15, 0.2) is 0 Å². The van der Waals surface area contributed by atoms with Crippen LogP contribution in [0.4, 0.5) is 5.82 Å². The normalized spacial score (nSPS) is 14.8. The van der Waals surface area contributed by atoms with E-state index in [2.05, 4.69) is 43.6 Å². The number of pyridine rings is 1. The van der Waals surface area contributed by atoms with Crippen molar-refractivity contribution in [1.29, 1.82) is 0 Å². The Morgan fingerprint density at radius 2 is 1.86 bits per heavy atom. The van der Waals surface area contributed by atoms with E-state index in [0.29, 0.717) is 6.54 Å². The predicted octanol–water partition coefficient (Wildman–Crippen LogP) is 1.41. The summed E-state index contributed by atoms with van der Waals surface area (Å²) >= 11 is 0. The van der Waals surface area contributed by atoms with Crippen molar-refractivity contribution in [3.8, 4) is 0 Å². The second-order valence-corrected chi connectivity index (χ2v) is 6.70. The first-order valence-corrected chi connectivity index (χ1v) is 8.89. The molecule has 3 rings (SSSR count). The molecule has 1 aliphatic rings. The van der Waals surface area contributed by atoms with E-state index in [1.807, 2.05) is 25.5 Å². The average molecular weight is 467 g/mol. The third-order valence-electron chi connectivity index (χ3n) is 4.71. The quantitative estimate of drug-likeness (QED) is 0.670.